The molecule has 0 unspecified atom stereocenters. The van der Waals surface area contributed by atoms with Crippen LogP contribution in [0.1, 0.15) is 25.7 Å². The van der Waals surface area contributed by atoms with Gasteiger partial charge in [-0.05, 0) is 32.1 Å². The van der Waals surface area contributed by atoms with Gasteiger partial charge < -0.3 is 24.9 Å². The Hall–Kier alpha value is -1.36. The summed E-state index contributed by atoms with van der Waals surface area (Å²) in [5.41, 5.74) is 2.59. The van der Waals surface area contributed by atoms with Crippen molar-refractivity contribution < 1.29 is 28.1 Å². The van der Waals surface area contributed by atoms with Crippen molar-refractivity contribution in [2.45, 2.75) is 25.7 Å². The molecule has 0 rings (SSSR count). The van der Waals surface area contributed by atoms with Gasteiger partial charge in [-0.2, -0.15) is 5.48 Å². The summed E-state index contributed by atoms with van der Waals surface area (Å²) in [6.45, 7) is 1.84. The molecule has 0 saturated heterocycles. The maximum atomic E-state index is 11.3. The van der Waals surface area contributed by atoms with Crippen LogP contribution in [0, 0.1) is 0 Å². The van der Waals surface area contributed by atoms with Crippen molar-refractivity contribution in [3.8, 4) is 0 Å². The molecule has 0 aromatic heterocycles. The zero-order valence-corrected chi connectivity index (χ0v) is 13.8. The van der Waals surface area contributed by atoms with E-state index in [0.717, 1.165) is 19.1 Å². The topological polar surface area (TPSA) is 115 Å². The Morgan fingerprint density at radius 2 is 1.96 bits per heavy atom. The van der Waals surface area contributed by atoms with E-state index in [1.807, 2.05) is 0 Å². The van der Waals surface area contributed by atoms with Gasteiger partial charge in [0.05, 0.1) is 6.61 Å². The van der Waals surface area contributed by atoms with E-state index in [1.54, 1.807) is 0 Å². The lowest BCUT2D eigenvalue weighted by atomic mass is 10.3. The van der Waals surface area contributed by atoms with Crippen molar-refractivity contribution in [1.82, 2.24) is 16.1 Å². The standard InChI is InChI=1S/C13H25N3O6S/c17-8-3-1-5-14-12(18)11-21-13(19)15-7-10-20-9-4-2-6-16-22-23/h8,16,23H,1-7,9-11H2,(H,14,18)(H,15,19)/i/hT. The summed E-state index contributed by atoms with van der Waals surface area (Å²) in [6, 6.07) is 0. The van der Waals surface area contributed by atoms with Gasteiger partial charge in [0.1, 0.15) is 7.41 Å². The minimum Gasteiger partial charge on any atom is -0.439 e. The van der Waals surface area contributed by atoms with Crippen molar-refractivity contribution in [3.63, 3.8) is 0 Å². The quantitative estimate of drug-likeness (QED) is 0.101. The Labute approximate surface area is 142 Å². The summed E-state index contributed by atoms with van der Waals surface area (Å²) in [5, 5.41) is 4.99. The molecule has 9 nitrogen and oxygen atoms in total. The first kappa shape index (κ1) is 19.7. The van der Waals surface area contributed by atoms with Gasteiger partial charge in [0.2, 0.25) is 0 Å². The second-order valence-electron chi connectivity index (χ2n) is 4.46. The van der Waals surface area contributed by atoms with Crippen LogP contribution >= 0.6 is 12.8 Å². The fraction of sp³-hybridized carbons (Fsp3) is 0.769. The fourth-order valence-electron chi connectivity index (χ4n) is 1.42. The Morgan fingerprint density at radius 1 is 1.09 bits per heavy atom. The van der Waals surface area contributed by atoms with Gasteiger partial charge in [0.15, 0.2) is 6.61 Å². The molecule has 2 amide bonds. The van der Waals surface area contributed by atoms with E-state index < -0.39 is 12.0 Å². The van der Waals surface area contributed by atoms with Gasteiger partial charge in [0.25, 0.3) is 5.91 Å². The molecule has 0 saturated carbocycles. The molecule has 0 atom stereocenters. The predicted molar refractivity (Wildman–Crippen MR) is 85.8 cm³/mol. The van der Waals surface area contributed by atoms with Crippen molar-refractivity contribution in [3.05, 3.63) is 0 Å². The van der Waals surface area contributed by atoms with Crippen LogP contribution < -0.4 is 16.1 Å². The number of thiol groups is 1. The number of carbonyl (C=O) groups is 3. The molecular formula is C13H25N3O6S. The lowest BCUT2D eigenvalue weighted by molar-refractivity contribution is -0.124. The van der Waals surface area contributed by atoms with Gasteiger partial charge in [-0.1, -0.05) is 0 Å². The van der Waals surface area contributed by atoms with Crippen LogP contribution in [0.5, 0.6) is 0 Å². The van der Waals surface area contributed by atoms with E-state index in [0.29, 0.717) is 52.0 Å². The average molecular weight is 353 g/mol. The van der Waals surface area contributed by atoms with E-state index in [9.17, 15) is 14.4 Å². The number of aldehydes is 1. The highest BCUT2D eigenvalue weighted by molar-refractivity contribution is 7.75. The van der Waals surface area contributed by atoms with Crippen molar-refractivity contribution in [2.24, 2.45) is 0 Å². The maximum absolute atomic E-state index is 11.3. The van der Waals surface area contributed by atoms with Crippen LogP contribution in [0.4, 0.5) is 4.79 Å². The van der Waals surface area contributed by atoms with Crippen LogP contribution in [0.2, 0.25) is 0 Å². The molecule has 0 aromatic rings. The van der Waals surface area contributed by atoms with E-state index in [1.165, 1.54) is 0 Å². The third-order valence-electron chi connectivity index (χ3n) is 2.55. The largest absolute Gasteiger partial charge is 0.439 e. The molecule has 0 aromatic carbocycles. The smallest absolute Gasteiger partial charge is 0.407 e. The summed E-state index contributed by atoms with van der Waals surface area (Å²) < 4.78 is 21.2. The predicted octanol–water partition coefficient (Wildman–Crippen LogP) is -0.0293. The number of hydrogen-bond donors (Lipinski definition) is 4. The molecule has 0 aliphatic carbocycles. The van der Waals surface area contributed by atoms with Gasteiger partial charge in [0, 0.05) is 32.7 Å². The number of hydrogen-bond acceptors (Lipinski definition) is 8. The van der Waals surface area contributed by atoms with Crippen molar-refractivity contribution in [2.75, 3.05) is 39.5 Å². The minimum absolute atomic E-state index is 0.288. The van der Waals surface area contributed by atoms with Gasteiger partial charge in [-0.25, -0.2) is 9.08 Å². The summed E-state index contributed by atoms with van der Waals surface area (Å²) >= 11 is 0.508. The number of unbranched alkanes of at least 4 members (excludes halogenated alkanes) is 2. The zero-order chi connectivity index (χ0) is 17.9. The second kappa shape index (κ2) is 17.0. The highest BCUT2D eigenvalue weighted by Crippen LogP contribution is 1.89. The van der Waals surface area contributed by atoms with E-state index >= 15 is 0 Å². The molecule has 0 fully saturated rings. The molecular weight excluding hydrogens is 326 g/mol. The van der Waals surface area contributed by atoms with E-state index in [-0.39, 0.29) is 13.2 Å². The highest BCUT2D eigenvalue weighted by Gasteiger charge is 2.06. The molecule has 0 radical (unpaired) electrons. The second-order valence-corrected chi connectivity index (χ2v) is 4.63. The van der Waals surface area contributed by atoms with Gasteiger partial charge in [-0.3, -0.25) is 4.79 Å². The van der Waals surface area contributed by atoms with Gasteiger partial charge >= 0.3 is 6.09 Å². The van der Waals surface area contributed by atoms with Crippen LogP contribution in [0.15, 0.2) is 0 Å². The summed E-state index contributed by atoms with van der Waals surface area (Å²) in [6.07, 6.45) is 2.71. The highest BCUT2D eigenvalue weighted by atomic mass is 32.1. The first-order valence-corrected chi connectivity index (χ1v) is 7.74. The number of amides is 2. The number of ether oxygens (including phenoxy) is 2. The number of alkyl carbamates (subject to hydrolysis) is 1. The SMILES string of the molecule is [3H]SONCCCCOCCNC(=O)OCC(=O)NCCCC=O. The molecule has 10 heteroatoms. The van der Waals surface area contributed by atoms with Gasteiger partial charge in [-0.15, -0.1) is 0 Å². The lowest BCUT2D eigenvalue weighted by Crippen LogP contribution is -2.34. The molecule has 23 heavy (non-hydrogen) atoms. The average Bonchev–Trinajstić information content (AvgIpc) is 2.58. The fourth-order valence-corrected chi connectivity index (χ4v) is 1.50. The summed E-state index contributed by atoms with van der Waals surface area (Å²) in [4.78, 5) is 32.7. The first-order valence-electron chi connectivity index (χ1n) is 7.82. The monoisotopic (exact) mass is 353 g/mol. The minimum atomic E-state index is -0.684. The molecule has 0 bridgehead atoms. The number of rotatable bonds is 16. The van der Waals surface area contributed by atoms with E-state index in [4.69, 9.17) is 10.6 Å². The third kappa shape index (κ3) is 16.8. The van der Waals surface area contributed by atoms with E-state index in [2.05, 4.69) is 20.4 Å². The Balaban J connectivity index is 3.31. The van der Waals surface area contributed by atoms with Crippen LogP contribution in [0.25, 0.3) is 0 Å². The van der Waals surface area contributed by atoms with Crippen LogP contribution in [0.3, 0.4) is 0 Å². The van der Waals surface area contributed by atoms with Crippen molar-refractivity contribution >= 4 is 31.1 Å². The molecule has 3 N–H and O–H groups in total. The first-order chi connectivity index (χ1) is 11.7. The summed E-state index contributed by atoms with van der Waals surface area (Å²) in [7, 11) is 0. The number of hydroxylamine groups is 1. The number of carbonyl (C=O) groups excluding carboxylic acids is 3. The molecule has 0 aliphatic heterocycles. The maximum Gasteiger partial charge on any atom is 0.407 e. The Morgan fingerprint density at radius 3 is 2.74 bits per heavy atom. The lowest BCUT2D eigenvalue weighted by Gasteiger charge is -2.08. The van der Waals surface area contributed by atoms with Crippen LogP contribution in [-0.4, -0.2) is 58.9 Å². The normalized spacial score (nSPS) is 10.7. The Kier molecular flexibility index (Phi) is 14.6. The summed E-state index contributed by atoms with van der Waals surface area (Å²) in [5.74, 6) is -0.409. The molecule has 0 spiro atoms. The number of nitrogens with one attached hydrogen (secondary N) is 3. The third-order valence-corrected chi connectivity index (χ3v) is 2.67. The van der Waals surface area contributed by atoms with Crippen molar-refractivity contribution in [1.29, 1.82) is 1.12 Å². The zero-order valence-electron chi connectivity index (χ0n) is 14.0. The molecule has 134 valence electrons. The molecule has 0 aliphatic rings. The van der Waals surface area contributed by atoms with Crippen LogP contribution in [-0.2, 0) is 23.3 Å². The molecule has 0 heterocycles. The Bertz CT molecular complexity index is 352.